The summed E-state index contributed by atoms with van der Waals surface area (Å²) in [6, 6.07) is 7.85. The Hall–Kier alpha value is -0.520. The monoisotopic (exact) mass is 257 g/mol. The summed E-state index contributed by atoms with van der Waals surface area (Å²) in [6.07, 6.45) is 1.78. The Bertz CT molecular complexity index is 330. The Kier molecular flexibility index (Phi) is 4.27. The fraction of sp³-hybridized carbons (Fsp3) is 0.300. The van der Waals surface area contributed by atoms with Crippen LogP contribution in [-0.2, 0) is 6.42 Å². The molecule has 1 aromatic rings. The molecule has 0 fully saturated rings. The number of alkyl halides is 1. The molecule has 0 bridgehead atoms. The molecule has 0 amide bonds. The first-order valence-corrected chi connectivity index (χ1v) is 5.35. The summed E-state index contributed by atoms with van der Waals surface area (Å²) >= 11 is 8.97. The van der Waals surface area contributed by atoms with E-state index in [2.05, 4.69) is 22.0 Å². The molecular weight excluding hydrogens is 249 g/mol. The summed E-state index contributed by atoms with van der Waals surface area (Å²) in [7, 11) is 0. The highest BCUT2D eigenvalue weighted by molar-refractivity contribution is 9.10. The third-order valence-corrected chi connectivity index (χ3v) is 2.53. The summed E-state index contributed by atoms with van der Waals surface area (Å²) in [5.41, 5.74) is 1.81. The Morgan fingerprint density at radius 2 is 2.23 bits per heavy atom. The summed E-state index contributed by atoms with van der Waals surface area (Å²) in [5, 5.41) is 8.81. The van der Waals surface area contributed by atoms with Crippen molar-refractivity contribution in [1.29, 1.82) is 5.26 Å². The van der Waals surface area contributed by atoms with Gasteiger partial charge in [0, 0.05) is 10.4 Å². The Morgan fingerprint density at radius 3 is 2.85 bits per heavy atom. The summed E-state index contributed by atoms with van der Waals surface area (Å²) < 4.78 is 1.01. The van der Waals surface area contributed by atoms with Crippen molar-refractivity contribution in [1.82, 2.24) is 0 Å². The molecule has 0 aliphatic carbocycles. The van der Waals surface area contributed by atoms with Crippen LogP contribution < -0.4 is 0 Å². The first kappa shape index (κ1) is 10.6. The maximum atomic E-state index is 8.81. The van der Waals surface area contributed by atoms with E-state index < -0.39 is 0 Å². The Balaban J connectivity index is 2.89. The quantitative estimate of drug-likeness (QED) is 0.761. The third-order valence-electron chi connectivity index (χ3n) is 1.77. The second-order valence-electron chi connectivity index (χ2n) is 2.71. The molecule has 13 heavy (non-hydrogen) atoms. The number of hydrogen-bond acceptors (Lipinski definition) is 1. The van der Waals surface area contributed by atoms with Crippen LogP contribution in [0.1, 0.15) is 17.5 Å². The van der Waals surface area contributed by atoms with Crippen LogP contribution in [0.4, 0.5) is 0 Å². The number of nitriles is 1. The van der Waals surface area contributed by atoms with Gasteiger partial charge >= 0.3 is 0 Å². The van der Waals surface area contributed by atoms with Crippen LogP contribution in [0.2, 0.25) is 0 Å². The van der Waals surface area contributed by atoms with Gasteiger partial charge in [-0.2, -0.15) is 5.26 Å². The highest BCUT2D eigenvalue weighted by atomic mass is 79.9. The van der Waals surface area contributed by atoms with E-state index in [1.807, 2.05) is 18.2 Å². The molecule has 0 heterocycles. The van der Waals surface area contributed by atoms with Crippen LogP contribution in [0.3, 0.4) is 0 Å². The van der Waals surface area contributed by atoms with E-state index in [4.69, 9.17) is 16.9 Å². The zero-order valence-electron chi connectivity index (χ0n) is 7.06. The van der Waals surface area contributed by atoms with Crippen molar-refractivity contribution in [3.63, 3.8) is 0 Å². The predicted molar refractivity (Wildman–Crippen MR) is 57.9 cm³/mol. The molecule has 1 nitrogen and oxygen atoms in total. The third kappa shape index (κ3) is 3.02. The van der Waals surface area contributed by atoms with Gasteiger partial charge in [-0.3, -0.25) is 0 Å². The van der Waals surface area contributed by atoms with Crippen molar-refractivity contribution in [3.05, 3.63) is 33.8 Å². The van der Waals surface area contributed by atoms with Gasteiger partial charge in [-0.05, 0) is 36.6 Å². The molecule has 68 valence electrons. The van der Waals surface area contributed by atoms with Gasteiger partial charge in [0.25, 0.3) is 0 Å². The molecule has 0 saturated carbocycles. The van der Waals surface area contributed by atoms with Crippen LogP contribution in [0.5, 0.6) is 0 Å². The number of hydrogen-bond donors (Lipinski definition) is 0. The molecule has 1 rings (SSSR count). The molecule has 0 radical (unpaired) electrons. The fourth-order valence-corrected chi connectivity index (χ4v) is 1.68. The average molecular weight is 259 g/mol. The Labute approximate surface area is 91.5 Å². The standard InChI is InChI=1S/C10H9BrClN/c11-10-4-3-9(7-13)8(6-10)2-1-5-12/h3-4,6H,1-2,5H2. The lowest BCUT2D eigenvalue weighted by molar-refractivity contribution is 0.924. The van der Waals surface area contributed by atoms with E-state index in [-0.39, 0.29) is 0 Å². The number of halogens is 2. The van der Waals surface area contributed by atoms with E-state index in [0.29, 0.717) is 5.88 Å². The van der Waals surface area contributed by atoms with Crippen molar-refractivity contribution in [2.24, 2.45) is 0 Å². The lowest BCUT2D eigenvalue weighted by atomic mass is 10.0. The second kappa shape index (κ2) is 5.26. The molecule has 3 heteroatoms. The van der Waals surface area contributed by atoms with Crippen LogP contribution in [0, 0.1) is 11.3 Å². The second-order valence-corrected chi connectivity index (χ2v) is 4.00. The molecule has 0 spiro atoms. The molecule has 0 aromatic heterocycles. The molecule has 1 aromatic carbocycles. The Morgan fingerprint density at radius 1 is 1.46 bits per heavy atom. The van der Waals surface area contributed by atoms with Crippen LogP contribution in [0.15, 0.2) is 22.7 Å². The van der Waals surface area contributed by atoms with E-state index >= 15 is 0 Å². The minimum atomic E-state index is 0.636. The number of rotatable bonds is 3. The van der Waals surface area contributed by atoms with Gasteiger partial charge in [-0.15, -0.1) is 11.6 Å². The molecule has 0 aliphatic heterocycles. The van der Waals surface area contributed by atoms with Crippen molar-refractivity contribution in [2.75, 3.05) is 5.88 Å². The smallest absolute Gasteiger partial charge is 0.0994 e. The number of aryl methyl sites for hydroxylation is 1. The van der Waals surface area contributed by atoms with Gasteiger partial charge < -0.3 is 0 Å². The van der Waals surface area contributed by atoms with Crippen molar-refractivity contribution < 1.29 is 0 Å². The van der Waals surface area contributed by atoms with Crippen molar-refractivity contribution in [2.45, 2.75) is 12.8 Å². The summed E-state index contributed by atoms with van der Waals surface area (Å²) in [5.74, 6) is 0.636. The topological polar surface area (TPSA) is 23.8 Å². The molecular formula is C10H9BrClN. The molecule has 0 aliphatic rings. The molecule has 0 unspecified atom stereocenters. The number of nitrogens with zero attached hydrogens (tertiary/aromatic N) is 1. The number of benzene rings is 1. The average Bonchev–Trinajstić information content (AvgIpc) is 2.15. The van der Waals surface area contributed by atoms with Gasteiger partial charge in [0.1, 0.15) is 0 Å². The van der Waals surface area contributed by atoms with Gasteiger partial charge in [0.2, 0.25) is 0 Å². The largest absolute Gasteiger partial charge is 0.192 e. The lowest BCUT2D eigenvalue weighted by Crippen LogP contribution is -1.91. The zero-order valence-corrected chi connectivity index (χ0v) is 9.40. The maximum Gasteiger partial charge on any atom is 0.0994 e. The predicted octanol–water partition coefficient (Wildman–Crippen LogP) is 3.49. The maximum absolute atomic E-state index is 8.81. The van der Waals surface area contributed by atoms with Gasteiger partial charge in [0.15, 0.2) is 0 Å². The van der Waals surface area contributed by atoms with E-state index in [1.54, 1.807) is 0 Å². The first-order chi connectivity index (χ1) is 6.27. The lowest BCUT2D eigenvalue weighted by Gasteiger charge is -2.02. The highest BCUT2D eigenvalue weighted by Gasteiger charge is 2.01. The van der Waals surface area contributed by atoms with Gasteiger partial charge in [-0.1, -0.05) is 15.9 Å². The molecule has 0 N–H and O–H groups in total. The minimum absolute atomic E-state index is 0.636. The fourth-order valence-electron chi connectivity index (χ4n) is 1.14. The van der Waals surface area contributed by atoms with Crippen LogP contribution >= 0.6 is 27.5 Å². The van der Waals surface area contributed by atoms with Crippen LogP contribution in [0.25, 0.3) is 0 Å². The normalized spacial score (nSPS) is 9.62. The van der Waals surface area contributed by atoms with Gasteiger partial charge in [-0.25, -0.2) is 0 Å². The highest BCUT2D eigenvalue weighted by Crippen LogP contribution is 2.17. The van der Waals surface area contributed by atoms with Crippen molar-refractivity contribution >= 4 is 27.5 Å². The van der Waals surface area contributed by atoms with Crippen molar-refractivity contribution in [3.8, 4) is 6.07 Å². The van der Waals surface area contributed by atoms with E-state index in [0.717, 1.165) is 28.4 Å². The molecule has 0 saturated heterocycles. The van der Waals surface area contributed by atoms with E-state index in [1.165, 1.54) is 0 Å². The van der Waals surface area contributed by atoms with Crippen LogP contribution in [-0.4, -0.2) is 5.88 Å². The zero-order chi connectivity index (χ0) is 9.68. The minimum Gasteiger partial charge on any atom is -0.192 e. The summed E-state index contributed by atoms with van der Waals surface area (Å²) in [6.45, 7) is 0. The first-order valence-electron chi connectivity index (χ1n) is 4.02. The summed E-state index contributed by atoms with van der Waals surface area (Å²) in [4.78, 5) is 0. The van der Waals surface area contributed by atoms with E-state index in [9.17, 15) is 0 Å². The molecule has 0 atom stereocenters. The SMILES string of the molecule is N#Cc1ccc(Br)cc1CCCCl. The van der Waals surface area contributed by atoms with Gasteiger partial charge in [0.05, 0.1) is 11.6 Å².